The Morgan fingerprint density at radius 3 is 1.77 bits per heavy atom. The summed E-state index contributed by atoms with van der Waals surface area (Å²) in [5.74, 6) is 7.12. The molecule has 244 valence electrons. The van der Waals surface area contributed by atoms with E-state index in [4.69, 9.17) is 4.74 Å². The molecule has 0 bridgehead atoms. The van der Waals surface area contributed by atoms with Crippen molar-refractivity contribution in [3.63, 3.8) is 0 Å². The summed E-state index contributed by atoms with van der Waals surface area (Å²) < 4.78 is 7.24. The molecule has 0 unspecified atom stereocenters. The number of Topliss-reactive ketones (excluding diaryl/α,β-unsaturated/α-hetero) is 1. The van der Waals surface area contributed by atoms with Crippen molar-refractivity contribution in [3.05, 3.63) is 11.3 Å². The van der Waals surface area contributed by atoms with E-state index in [0.717, 1.165) is 63.2 Å². The van der Waals surface area contributed by atoms with E-state index in [1.807, 2.05) is 0 Å². The van der Waals surface area contributed by atoms with Gasteiger partial charge < -0.3 is 14.9 Å². The van der Waals surface area contributed by atoms with E-state index in [0.29, 0.717) is 46.7 Å². The molecule has 0 aromatic rings. The average Bonchev–Trinajstić information content (AvgIpc) is 3.47. The minimum Gasteiger partial charge on any atom is -0.484 e. The first-order valence-corrected chi connectivity index (χ1v) is 19.2. The molecule has 4 nitrogen and oxygen atoms in total. The van der Waals surface area contributed by atoms with Crippen molar-refractivity contribution >= 4 is 5.78 Å². The lowest BCUT2D eigenvalue weighted by Crippen LogP contribution is -2.61. The zero-order chi connectivity index (χ0) is 30.4. The summed E-state index contributed by atoms with van der Waals surface area (Å²) in [6, 6.07) is 0. The van der Waals surface area contributed by atoms with Crippen LogP contribution in [0.5, 0.6) is 0 Å². The van der Waals surface area contributed by atoms with Gasteiger partial charge in [0.05, 0.1) is 18.0 Å². The van der Waals surface area contributed by atoms with Gasteiger partial charge in [-0.05, 0) is 171 Å². The fourth-order valence-corrected chi connectivity index (χ4v) is 15.6. The summed E-state index contributed by atoms with van der Waals surface area (Å²) in [5, 5.41) is 21.9. The molecule has 8 aliphatic carbocycles. The van der Waals surface area contributed by atoms with Crippen LogP contribution >= 0.6 is 0 Å². The number of fused-ring (bicyclic) bond motifs is 10. The third-order valence-electron chi connectivity index (χ3n) is 18.2. The van der Waals surface area contributed by atoms with E-state index >= 15 is 0 Å². The Morgan fingerprint density at radius 2 is 1.16 bits per heavy atom. The molecule has 0 amide bonds. The van der Waals surface area contributed by atoms with Crippen LogP contribution in [0.1, 0.15) is 143 Å². The normalized spacial score (nSPS) is 59.5. The SMILES string of the molecule is C[C@]12CC[C@H]3[C@@H](CC[C@H]4CC(=O)[C@@]5(CCC6=C(C[C@@H]7CC[C@@H]8[C@H](CC[C@]9(C)[C@@H](O)CC[C@@H]89)[C@@]7(C)C6)O5)C[C@@]43C)[C@H]1CC[C@@H]2O. The first-order valence-electron chi connectivity index (χ1n) is 19.2. The van der Waals surface area contributed by atoms with Gasteiger partial charge in [0.2, 0.25) is 0 Å². The molecule has 1 heterocycles. The fraction of sp³-hybridized carbons (Fsp3) is 0.925. The largest absolute Gasteiger partial charge is 0.484 e. The summed E-state index contributed by atoms with van der Waals surface area (Å²) in [4.78, 5) is 14.2. The van der Waals surface area contributed by atoms with Crippen molar-refractivity contribution < 1.29 is 19.7 Å². The maximum absolute atomic E-state index is 14.2. The van der Waals surface area contributed by atoms with E-state index in [1.54, 1.807) is 5.57 Å². The summed E-state index contributed by atoms with van der Waals surface area (Å²) in [7, 11) is 0. The van der Waals surface area contributed by atoms with Gasteiger partial charge >= 0.3 is 0 Å². The summed E-state index contributed by atoms with van der Waals surface area (Å²) >= 11 is 0. The first-order chi connectivity index (χ1) is 20.9. The average molecular weight is 605 g/mol. The smallest absolute Gasteiger partial charge is 0.176 e. The van der Waals surface area contributed by atoms with Crippen molar-refractivity contribution in [2.75, 3.05) is 0 Å². The zero-order valence-corrected chi connectivity index (χ0v) is 28.2. The summed E-state index contributed by atoms with van der Waals surface area (Å²) in [5.41, 5.74) is 1.73. The number of carbonyl (C=O) groups is 1. The number of rotatable bonds is 0. The molecular formula is C40H60O4. The number of aliphatic hydroxyl groups excluding tert-OH is 2. The molecule has 1 aliphatic heterocycles. The van der Waals surface area contributed by atoms with Crippen molar-refractivity contribution in [3.8, 4) is 0 Å². The van der Waals surface area contributed by atoms with E-state index < -0.39 is 5.60 Å². The van der Waals surface area contributed by atoms with Gasteiger partial charge in [-0.3, -0.25) is 4.79 Å². The molecule has 7 saturated carbocycles. The van der Waals surface area contributed by atoms with Crippen molar-refractivity contribution in [1.29, 1.82) is 0 Å². The molecule has 44 heavy (non-hydrogen) atoms. The second-order valence-electron chi connectivity index (χ2n) is 19.4. The lowest BCUT2D eigenvalue weighted by molar-refractivity contribution is -0.186. The van der Waals surface area contributed by atoms with Crippen molar-refractivity contribution in [2.24, 2.45) is 69.0 Å². The molecule has 4 heteroatoms. The van der Waals surface area contributed by atoms with E-state index in [1.165, 1.54) is 70.0 Å². The van der Waals surface area contributed by atoms with E-state index in [2.05, 4.69) is 27.7 Å². The van der Waals surface area contributed by atoms with Crippen molar-refractivity contribution in [1.82, 2.24) is 0 Å². The molecule has 0 radical (unpaired) electrons. The monoisotopic (exact) mass is 604 g/mol. The Balaban J connectivity index is 0.976. The molecule has 0 aromatic carbocycles. The van der Waals surface area contributed by atoms with Gasteiger partial charge in [-0.25, -0.2) is 0 Å². The molecule has 2 N–H and O–H groups in total. The number of ether oxygens (including phenoxy) is 1. The van der Waals surface area contributed by atoms with Crippen LogP contribution in [0.3, 0.4) is 0 Å². The standard InChI is InChI=1S/C40H60O4/c1-36-16-14-30-26(28(36)9-11-33(36)41)7-5-24-19-32-23(21-38(24,30)3)13-18-40(44-32)22-39(4)25(20-35(40)43)6-8-27-29-10-12-34(42)37(29,2)17-15-31(27)39/h24-31,33-34,41-42H,5-22H2,1-4H3/t24-,25-,26-,27-,28-,29+,30-,31-,33-,34-,36-,37-,38-,39-,40+/m0/s1. The number of hydrogen-bond acceptors (Lipinski definition) is 4. The van der Waals surface area contributed by atoms with Crippen molar-refractivity contribution in [2.45, 2.75) is 161 Å². The lowest BCUT2D eigenvalue weighted by Gasteiger charge is -2.63. The van der Waals surface area contributed by atoms with Crippen LogP contribution in [0.4, 0.5) is 0 Å². The maximum Gasteiger partial charge on any atom is 0.176 e. The Bertz CT molecular complexity index is 1270. The zero-order valence-electron chi connectivity index (χ0n) is 28.2. The number of ketones is 1. The van der Waals surface area contributed by atoms with Gasteiger partial charge in [-0.2, -0.15) is 0 Å². The van der Waals surface area contributed by atoms with Crippen LogP contribution in [0.2, 0.25) is 0 Å². The minimum atomic E-state index is -0.598. The Morgan fingerprint density at radius 1 is 0.614 bits per heavy atom. The number of allylic oxidation sites excluding steroid dienone is 2. The number of aliphatic hydroxyl groups is 2. The van der Waals surface area contributed by atoms with Gasteiger partial charge in [0.1, 0.15) is 0 Å². The molecule has 1 spiro atoms. The maximum atomic E-state index is 14.2. The summed E-state index contributed by atoms with van der Waals surface area (Å²) in [6.07, 6.45) is 19.9. The number of hydrogen-bond donors (Lipinski definition) is 2. The van der Waals surface area contributed by atoms with Crippen LogP contribution in [0, 0.1) is 69.0 Å². The minimum absolute atomic E-state index is 0.0978. The third kappa shape index (κ3) is 3.63. The van der Waals surface area contributed by atoms with Crippen LogP contribution in [-0.4, -0.2) is 33.8 Å². The third-order valence-corrected chi connectivity index (χ3v) is 18.2. The highest BCUT2D eigenvalue weighted by Gasteiger charge is 2.66. The van der Waals surface area contributed by atoms with Crippen LogP contribution in [-0.2, 0) is 9.53 Å². The van der Waals surface area contributed by atoms with Gasteiger partial charge in [0, 0.05) is 19.3 Å². The van der Waals surface area contributed by atoms with E-state index in [9.17, 15) is 15.0 Å². The van der Waals surface area contributed by atoms with Gasteiger partial charge in [0.25, 0.3) is 0 Å². The highest BCUT2D eigenvalue weighted by molar-refractivity contribution is 5.89. The molecule has 0 aromatic heterocycles. The van der Waals surface area contributed by atoms with Crippen LogP contribution in [0.25, 0.3) is 0 Å². The molecular weight excluding hydrogens is 544 g/mol. The second-order valence-corrected chi connectivity index (χ2v) is 19.4. The molecule has 15 atom stereocenters. The Labute approximate surface area is 266 Å². The van der Waals surface area contributed by atoms with Gasteiger partial charge in [0.15, 0.2) is 11.4 Å². The fourth-order valence-electron chi connectivity index (χ4n) is 15.6. The quantitative estimate of drug-likeness (QED) is 0.291. The Hall–Kier alpha value is -0.870. The molecule has 9 rings (SSSR count). The number of carbonyl (C=O) groups excluding carboxylic acids is 1. The van der Waals surface area contributed by atoms with E-state index in [-0.39, 0.29) is 28.5 Å². The Kier molecular flexibility index (Phi) is 6.25. The highest BCUT2D eigenvalue weighted by atomic mass is 16.5. The van der Waals surface area contributed by atoms with Crippen LogP contribution < -0.4 is 0 Å². The van der Waals surface area contributed by atoms with Gasteiger partial charge in [-0.15, -0.1) is 0 Å². The highest BCUT2D eigenvalue weighted by Crippen LogP contribution is 2.70. The molecule has 7 fully saturated rings. The second kappa shape index (κ2) is 9.39. The van der Waals surface area contributed by atoms with Gasteiger partial charge in [-0.1, -0.05) is 27.7 Å². The molecule has 0 saturated heterocycles. The predicted molar refractivity (Wildman–Crippen MR) is 171 cm³/mol. The van der Waals surface area contributed by atoms with Crippen LogP contribution in [0.15, 0.2) is 11.3 Å². The predicted octanol–water partition coefficient (Wildman–Crippen LogP) is 8.39. The lowest BCUT2D eigenvalue weighted by atomic mass is 9.43. The molecule has 9 aliphatic rings. The first kappa shape index (κ1) is 29.3. The topological polar surface area (TPSA) is 66.8 Å². The summed E-state index contributed by atoms with van der Waals surface area (Å²) in [6.45, 7) is 9.99.